The predicted molar refractivity (Wildman–Crippen MR) is 126 cm³/mol. The maximum Gasteiger partial charge on any atom is 0.251 e. The molecule has 13 heteroatoms. The lowest BCUT2D eigenvalue weighted by atomic mass is 10.1. The standard InChI is InChI=1S/C23H28F2N6O4S/c1-2-9-36(33,34)23-27-21(26-19-12-16(19)13-3-6-17(24)18(25)10-13)20-22(28-23)31(30-29-20)14-4-5-15(11-14)35-8-7-32/h3,6,10,14-16,19,32H,2,4-5,7-9,11-12H2,1H3,(H,26,27,28)/t14-,15?,16?,19+/m0/s1. The maximum atomic E-state index is 13.7. The minimum Gasteiger partial charge on any atom is -0.394 e. The van der Waals surface area contributed by atoms with Crippen molar-refractivity contribution in [1.29, 1.82) is 0 Å². The van der Waals surface area contributed by atoms with Gasteiger partial charge in [-0.3, -0.25) is 0 Å². The topological polar surface area (TPSA) is 132 Å². The molecule has 2 fully saturated rings. The van der Waals surface area contributed by atoms with E-state index in [4.69, 9.17) is 9.84 Å². The zero-order chi connectivity index (χ0) is 25.4. The lowest BCUT2D eigenvalue weighted by molar-refractivity contribution is 0.0309. The van der Waals surface area contributed by atoms with Gasteiger partial charge in [-0.15, -0.1) is 5.10 Å². The van der Waals surface area contributed by atoms with Crippen LogP contribution in [-0.4, -0.2) is 69.6 Å². The molecule has 2 heterocycles. The summed E-state index contributed by atoms with van der Waals surface area (Å²) in [6, 6.07) is 3.59. The molecule has 0 aliphatic heterocycles. The fourth-order valence-electron chi connectivity index (χ4n) is 4.81. The number of anilines is 1. The number of nitrogens with zero attached hydrogens (tertiary/aromatic N) is 5. The van der Waals surface area contributed by atoms with E-state index >= 15 is 0 Å². The summed E-state index contributed by atoms with van der Waals surface area (Å²) in [7, 11) is -3.73. The second-order valence-corrected chi connectivity index (χ2v) is 11.3. The molecular formula is C23H28F2N6O4S. The molecule has 1 aromatic carbocycles. The largest absolute Gasteiger partial charge is 0.394 e. The smallest absolute Gasteiger partial charge is 0.251 e. The van der Waals surface area contributed by atoms with Crippen molar-refractivity contribution in [3.05, 3.63) is 35.4 Å². The van der Waals surface area contributed by atoms with Crippen molar-refractivity contribution >= 4 is 26.8 Å². The third kappa shape index (κ3) is 4.91. The van der Waals surface area contributed by atoms with Crippen molar-refractivity contribution in [2.45, 2.75) is 68.3 Å². The van der Waals surface area contributed by atoms with E-state index < -0.39 is 21.5 Å². The number of ether oxygens (including phenoxy) is 1. The van der Waals surface area contributed by atoms with Crippen molar-refractivity contribution in [2.24, 2.45) is 0 Å². The highest BCUT2D eigenvalue weighted by Crippen LogP contribution is 2.44. The number of fused-ring (bicyclic) bond motifs is 1. The normalized spacial score (nSPS) is 23.9. The van der Waals surface area contributed by atoms with Crippen molar-refractivity contribution < 1.29 is 27.0 Å². The van der Waals surface area contributed by atoms with Crippen molar-refractivity contribution in [3.8, 4) is 0 Å². The molecule has 36 heavy (non-hydrogen) atoms. The Bertz CT molecular complexity index is 1370. The molecule has 5 rings (SSSR count). The molecule has 0 amide bonds. The number of nitrogens with one attached hydrogen (secondary N) is 1. The fourth-order valence-corrected chi connectivity index (χ4v) is 5.98. The second-order valence-electron chi connectivity index (χ2n) is 9.33. The molecule has 0 bridgehead atoms. The molecule has 194 valence electrons. The molecule has 4 atom stereocenters. The summed E-state index contributed by atoms with van der Waals surface area (Å²) in [5, 5.41) is 20.5. The average molecular weight is 523 g/mol. The summed E-state index contributed by atoms with van der Waals surface area (Å²) >= 11 is 0. The van der Waals surface area contributed by atoms with Crippen LogP contribution in [0, 0.1) is 11.6 Å². The summed E-state index contributed by atoms with van der Waals surface area (Å²) in [6.07, 6.45) is 3.20. The van der Waals surface area contributed by atoms with Gasteiger partial charge in [-0.2, -0.15) is 9.97 Å². The fraction of sp³-hybridized carbons (Fsp3) is 0.565. The highest BCUT2D eigenvalue weighted by atomic mass is 32.2. The third-order valence-corrected chi connectivity index (χ3v) is 8.37. The molecule has 2 unspecified atom stereocenters. The monoisotopic (exact) mass is 522 g/mol. The van der Waals surface area contributed by atoms with E-state index in [2.05, 4.69) is 25.6 Å². The summed E-state index contributed by atoms with van der Waals surface area (Å²) in [5.74, 6) is -1.73. The van der Waals surface area contributed by atoms with Gasteiger partial charge in [0.25, 0.3) is 5.16 Å². The van der Waals surface area contributed by atoms with E-state index in [1.807, 2.05) is 0 Å². The number of rotatable bonds is 10. The Balaban J connectivity index is 1.46. The Hall–Kier alpha value is -2.77. The van der Waals surface area contributed by atoms with Crippen LogP contribution in [0.4, 0.5) is 14.6 Å². The van der Waals surface area contributed by atoms with Crippen LogP contribution in [0.2, 0.25) is 0 Å². The molecule has 0 spiro atoms. The van der Waals surface area contributed by atoms with E-state index in [-0.39, 0.29) is 54.0 Å². The van der Waals surface area contributed by atoms with Gasteiger partial charge in [0, 0.05) is 12.0 Å². The van der Waals surface area contributed by atoms with E-state index in [0.29, 0.717) is 36.0 Å². The first-order valence-corrected chi connectivity index (χ1v) is 13.8. The molecular weight excluding hydrogens is 494 g/mol. The molecule has 2 saturated carbocycles. The summed E-state index contributed by atoms with van der Waals surface area (Å²) in [5.41, 5.74) is 1.32. The SMILES string of the molecule is CCCS(=O)(=O)c1nc(N[C@@H]2CC2c2ccc(F)c(F)c2)c2nnn([C@H]3CCC(OCCO)C3)c2n1. The number of hydrogen-bond donors (Lipinski definition) is 2. The van der Waals surface area contributed by atoms with E-state index in [9.17, 15) is 17.2 Å². The minimum absolute atomic E-state index is 0.0348. The van der Waals surface area contributed by atoms with Crippen LogP contribution in [0.1, 0.15) is 56.6 Å². The lowest BCUT2D eigenvalue weighted by Crippen LogP contribution is -2.16. The number of benzene rings is 1. The van der Waals surface area contributed by atoms with Gasteiger partial charge in [0.15, 0.2) is 28.6 Å². The molecule has 10 nitrogen and oxygen atoms in total. The molecule has 2 aliphatic rings. The molecule has 2 aromatic heterocycles. The van der Waals surface area contributed by atoms with Crippen LogP contribution in [0.3, 0.4) is 0 Å². The number of aliphatic hydroxyl groups excluding tert-OH is 1. The molecule has 2 aliphatic carbocycles. The molecule has 2 N–H and O–H groups in total. The summed E-state index contributed by atoms with van der Waals surface area (Å²) < 4.78 is 60.1. The zero-order valence-corrected chi connectivity index (χ0v) is 20.6. The van der Waals surface area contributed by atoms with Crippen LogP contribution in [0.5, 0.6) is 0 Å². The molecule has 0 radical (unpaired) electrons. The average Bonchev–Trinajstić information content (AvgIpc) is 3.24. The number of aliphatic hydroxyl groups is 1. The van der Waals surface area contributed by atoms with E-state index in [1.54, 1.807) is 17.7 Å². The van der Waals surface area contributed by atoms with Gasteiger partial charge in [-0.1, -0.05) is 18.2 Å². The predicted octanol–water partition coefficient (Wildman–Crippen LogP) is 2.75. The molecule has 0 saturated heterocycles. The van der Waals surface area contributed by atoms with Gasteiger partial charge < -0.3 is 15.2 Å². The first-order valence-electron chi connectivity index (χ1n) is 12.1. The number of halogens is 2. The highest BCUT2D eigenvalue weighted by molar-refractivity contribution is 7.91. The first-order chi connectivity index (χ1) is 17.3. The van der Waals surface area contributed by atoms with Gasteiger partial charge in [-0.05, 0) is 49.8 Å². The quantitative estimate of drug-likeness (QED) is 0.386. The van der Waals surface area contributed by atoms with Crippen molar-refractivity contribution in [3.63, 3.8) is 0 Å². The second kappa shape index (κ2) is 9.94. The van der Waals surface area contributed by atoms with Crippen LogP contribution in [0.15, 0.2) is 23.4 Å². The minimum atomic E-state index is -3.73. The zero-order valence-electron chi connectivity index (χ0n) is 19.8. The Morgan fingerprint density at radius 1 is 1.19 bits per heavy atom. The third-order valence-electron chi connectivity index (χ3n) is 6.69. The number of hydrogen-bond acceptors (Lipinski definition) is 9. The van der Waals surface area contributed by atoms with E-state index in [1.165, 1.54) is 6.07 Å². The number of aromatic nitrogens is 5. The van der Waals surface area contributed by atoms with Gasteiger partial charge in [0.05, 0.1) is 31.1 Å². The van der Waals surface area contributed by atoms with Gasteiger partial charge in [-0.25, -0.2) is 21.9 Å². The van der Waals surface area contributed by atoms with Gasteiger partial charge in [0.1, 0.15) is 0 Å². The Labute approximate surface area is 207 Å². The van der Waals surface area contributed by atoms with Crippen molar-refractivity contribution in [1.82, 2.24) is 25.0 Å². The van der Waals surface area contributed by atoms with Crippen LogP contribution >= 0.6 is 0 Å². The maximum absolute atomic E-state index is 13.7. The number of sulfone groups is 1. The first kappa shape index (κ1) is 24.9. The van der Waals surface area contributed by atoms with Crippen LogP contribution in [0.25, 0.3) is 11.2 Å². The van der Waals surface area contributed by atoms with E-state index in [0.717, 1.165) is 18.9 Å². The van der Waals surface area contributed by atoms with Crippen molar-refractivity contribution in [2.75, 3.05) is 24.3 Å². The Kier molecular flexibility index (Phi) is 6.88. The van der Waals surface area contributed by atoms with Gasteiger partial charge in [0.2, 0.25) is 9.84 Å². The summed E-state index contributed by atoms with van der Waals surface area (Å²) in [6.45, 7) is 1.97. The van der Waals surface area contributed by atoms with Crippen LogP contribution < -0.4 is 5.32 Å². The van der Waals surface area contributed by atoms with Crippen LogP contribution in [-0.2, 0) is 14.6 Å². The summed E-state index contributed by atoms with van der Waals surface area (Å²) in [4.78, 5) is 8.68. The molecule has 3 aromatic rings. The lowest BCUT2D eigenvalue weighted by Gasteiger charge is -2.13. The van der Waals surface area contributed by atoms with Gasteiger partial charge >= 0.3 is 0 Å². The highest BCUT2D eigenvalue weighted by Gasteiger charge is 2.40. The Morgan fingerprint density at radius 2 is 2.03 bits per heavy atom. The Morgan fingerprint density at radius 3 is 2.78 bits per heavy atom.